The van der Waals surface area contributed by atoms with Crippen molar-refractivity contribution in [3.05, 3.63) is 36.3 Å². The van der Waals surface area contributed by atoms with Crippen molar-refractivity contribution >= 4 is 6.03 Å². The van der Waals surface area contributed by atoms with Crippen molar-refractivity contribution in [2.45, 2.75) is 6.54 Å². The summed E-state index contributed by atoms with van der Waals surface area (Å²) in [6.07, 6.45) is 5.28. The third-order valence-electron chi connectivity index (χ3n) is 2.76. The fourth-order valence-corrected chi connectivity index (χ4v) is 1.72. The maximum absolute atomic E-state index is 11.5. The van der Waals surface area contributed by atoms with Gasteiger partial charge in [0.2, 0.25) is 0 Å². The van der Waals surface area contributed by atoms with Gasteiger partial charge in [-0.05, 0) is 17.7 Å². The minimum absolute atomic E-state index is 0.120. The second kappa shape index (κ2) is 5.51. The molecular weight excluding hydrogens is 242 g/mol. The van der Waals surface area contributed by atoms with E-state index in [0.29, 0.717) is 6.54 Å². The minimum atomic E-state index is -0.120. The van der Waals surface area contributed by atoms with Gasteiger partial charge in [0.25, 0.3) is 0 Å². The summed E-state index contributed by atoms with van der Waals surface area (Å²) in [5.41, 5.74) is 2.93. The van der Waals surface area contributed by atoms with Crippen LogP contribution in [0.15, 0.2) is 30.7 Å². The predicted octanol–water partition coefficient (Wildman–Crippen LogP) is 1.25. The molecule has 2 rings (SSSR count). The van der Waals surface area contributed by atoms with Crippen LogP contribution >= 0.6 is 0 Å². The molecule has 2 aromatic rings. The lowest BCUT2D eigenvalue weighted by Crippen LogP contribution is -2.33. The summed E-state index contributed by atoms with van der Waals surface area (Å²) in [6, 6.07) is 3.81. The van der Waals surface area contributed by atoms with Crippen LogP contribution in [0.3, 0.4) is 0 Å². The Bertz CT molecular complexity index is 576. The Hall–Kier alpha value is -2.37. The molecule has 0 unspecified atom stereocenters. The highest BCUT2D eigenvalue weighted by Crippen LogP contribution is 2.17. The molecule has 100 valence electrons. The topological polar surface area (TPSA) is 63.1 Å². The first-order valence-corrected chi connectivity index (χ1v) is 5.95. The Labute approximate surface area is 112 Å². The zero-order valence-electron chi connectivity index (χ0n) is 11.3. The first-order chi connectivity index (χ1) is 9.08. The summed E-state index contributed by atoms with van der Waals surface area (Å²) < 4.78 is 1.79. The monoisotopic (exact) mass is 259 g/mol. The van der Waals surface area contributed by atoms with Crippen molar-refractivity contribution in [1.82, 2.24) is 25.0 Å². The maximum Gasteiger partial charge on any atom is 0.317 e. The molecule has 0 aliphatic carbocycles. The van der Waals surface area contributed by atoms with E-state index in [1.54, 1.807) is 37.4 Å². The van der Waals surface area contributed by atoms with Gasteiger partial charge in [0.15, 0.2) is 0 Å². The van der Waals surface area contributed by atoms with E-state index in [-0.39, 0.29) is 6.03 Å². The molecule has 2 heterocycles. The SMILES string of the molecule is CN(C)C(=O)NCc1cncc(-c2ccnn2C)c1. The smallest absolute Gasteiger partial charge is 0.317 e. The number of aromatic nitrogens is 3. The third-order valence-corrected chi connectivity index (χ3v) is 2.76. The fraction of sp³-hybridized carbons (Fsp3) is 0.308. The molecule has 0 aromatic carbocycles. The molecule has 6 nitrogen and oxygen atoms in total. The standard InChI is InChI=1S/C13H17N5O/c1-17(2)13(19)15-8-10-6-11(9-14-7-10)12-4-5-16-18(12)3/h4-7,9H,8H2,1-3H3,(H,15,19). The van der Waals surface area contributed by atoms with E-state index in [0.717, 1.165) is 16.8 Å². The summed E-state index contributed by atoms with van der Waals surface area (Å²) in [5.74, 6) is 0. The second-order valence-electron chi connectivity index (χ2n) is 4.48. The number of urea groups is 1. The zero-order chi connectivity index (χ0) is 13.8. The van der Waals surface area contributed by atoms with Gasteiger partial charge in [-0.3, -0.25) is 9.67 Å². The Morgan fingerprint density at radius 3 is 2.84 bits per heavy atom. The molecule has 0 fully saturated rings. The Morgan fingerprint density at radius 2 is 2.21 bits per heavy atom. The molecule has 0 atom stereocenters. The average molecular weight is 259 g/mol. The third kappa shape index (κ3) is 3.09. The number of hydrogen-bond acceptors (Lipinski definition) is 3. The van der Waals surface area contributed by atoms with Crippen molar-refractivity contribution in [3.8, 4) is 11.3 Å². The number of pyridine rings is 1. The normalized spacial score (nSPS) is 10.3. The van der Waals surface area contributed by atoms with Crippen LogP contribution in [0.4, 0.5) is 4.79 Å². The van der Waals surface area contributed by atoms with Crippen molar-refractivity contribution in [2.24, 2.45) is 7.05 Å². The Morgan fingerprint density at radius 1 is 1.42 bits per heavy atom. The van der Waals surface area contributed by atoms with Gasteiger partial charge in [0.05, 0.1) is 5.69 Å². The highest BCUT2D eigenvalue weighted by atomic mass is 16.2. The summed E-state index contributed by atoms with van der Waals surface area (Å²) in [5, 5.41) is 6.94. The number of carbonyl (C=O) groups is 1. The van der Waals surface area contributed by atoms with Gasteiger partial charge in [-0.1, -0.05) is 0 Å². The van der Waals surface area contributed by atoms with Crippen LogP contribution in [-0.4, -0.2) is 39.8 Å². The molecule has 0 bridgehead atoms. The van der Waals surface area contributed by atoms with Gasteiger partial charge in [-0.2, -0.15) is 5.10 Å². The van der Waals surface area contributed by atoms with E-state index in [1.807, 2.05) is 19.2 Å². The molecule has 0 aliphatic heterocycles. The molecule has 19 heavy (non-hydrogen) atoms. The molecule has 0 saturated carbocycles. The molecular formula is C13H17N5O. The van der Waals surface area contributed by atoms with E-state index < -0.39 is 0 Å². The van der Waals surface area contributed by atoms with Gasteiger partial charge in [0, 0.05) is 51.8 Å². The van der Waals surface area contributed by atoms with Crippen molar-refractivity contribution < 1.29 is 4.79 Å². The van der Waals surface area contributed by atoms with Gasteiger partial charge >= 0.3 is 6.03 Å². The van der Waals surface area contributed by atoms with Crippen molar-refractivity contribution in [2.75, 3.05) is 14.1 Å². The van der Waals surface area contributed by atoms with E-state index in [2.05, 4.69) is 15.4 Å². The van der Waals surface area contributed by atoms with Crippen LogP contribution in [0.5, 0.6) is 0 Å². The van der Waals surface area contributed by atoms with E-state index in [9.17, 15) is 4.79 Å². The number of hydrogen-bond donors (Lipinski definition) is 1. The first kappa shape index (κ1) is 13.1. The highest BCUT2D eigenvalue weighted by Gasteiger charge is 2.06. The van der Waals surface area contributed by atoms with Crippen LogP contribution in [0.25, 0.3) is 11.3 Å². The van der Waals surface area contributed by atoms with Crippen LogP contribution < -0.4 is 5.32 Å². The van der Waals surface area contributed by atoms with Crippen LogP contribution in [-0.2, 0) is 13.6 Å². The number of carbonyl (C=O) groups excluding carboxylic acids is 1. The van der Waals surface area contributed by atoms with Crippen LogP contribution in [0.1, 0.15) is 5.56 Å². The number of amides is 2. The predicted molar refractivity (Wildman–Crippen MR) is 72.4 cm³/mol. The second-order valence-corrected chi connectivity index (χ2v) is 4.48. The number of nitrogens with zero attached hydrogens (tertiary/aromatic N) is 4. The van der Waals surface area contributed by atoms with Crippen LogP contribution in [0.2, 0.25) is 0 Å². The molecule has 2 amide bonds. The van der Waals surface area contributed by atoms with Gasteiger partial charge in [-0.25, -0.2) is 4.79 Å². The van der Waals surface area contributed by atoms with Gasteiger partial charge in [-0.15, -0.1) is 0 Å². The molecule has 0 saturated heterocycles. The molecule has 6 heteroatoms. The van der Waals surface area contributed by atoms with Gasteiger partial charge < -0.3 is 10.2 Å². The highest BCUT2D eigenvalue weighted by molar-refractivity contribution is 5.73. The van der Waals surface area contributed by atoms with Crippen molar-refractivity contribution in [1.29, 1.82) is 0 Å². The van der Waals surface area contributed by atoms with E-state index in [1.165, 1.54) is 4.90 Å². The molecule has 0 spiro atoms. The lowest BCUT2D eigenvalue weighted by molar-refractivity contribution is 0.217. The summed E-state index contributed by atoms with van der Waals surface area (Å²) in [6.45, 7) is 0.454. The van der Waals surface area contributed by atoms with Crippen LogP contribution in [0, 0.1) is 0 Å². The molecule has 0 aliphatic rings. The first-order valence-electron chi connectivity index (χ1n) is 5.95. The van der Waals surface area contributed by atoms with E-state index in [4.69, 9.17) is 0 Å². The van der Waals surface area contributed by atoms with Gasteiger partial charge in [0.1, 0.15) is 0 Å². The number of nitrogens with one attached hydrogen (secondary N) is 1. The quantitative estimate of drug-likeness (QED) is 0.902. The Kier molecular flexibility index (Phi) is 3.79. The van der Waals surface area contributed by atoms with Crippen molar-refractivity contribution in [3.63, 3.8) is 0 Å². The largest absolute Gasteiger partial charge is 0.334 e. The van der Waals surface area contributed by atoms with E-state index >= 15 is 0 Å². The Balaban J connectivity index is 2.12. The minimum Gasteiger partial charge on any atom is -0.334 e. The molecule has 1 N–H and O–H groups in total. The molecule has 2 aromatic heterocycles. The summed E-state index contributed by atoms with van der Waals surface area (Å²) in [4.78, 5) is 17.2. The lowest BCUT2D eigenvalue weighted by Gasteiger charge is -2.12. The maximum atomic E-state index is 11.5. The number of rotatable bonds is 3. The lowest BCUT2D eigenvalue weighted by atomic mass is 10.1. The summed E-state index contributed by atoms with van der Waals surface area (Å²) >= 11 is 0. The summed E-state index contributed by atoms with van der Waals surface area (Å²) in [7, 11) is 5.30. The molecule has 0 radical (unpaired) electrons. The number of aryl methyl sites for hydroxylation is 1. The zero-order valence-corrected chi connectivity index (χ0v) is 11.3. The average Bonchev–Trinajstić information content (AvgIpc) is 2.82. The fourth-order valence-electron chi connectivity index (χ4n) is 1.72.